The van der Waals surface area contributed by atoms with Gasteiger partial charge in [0.05, 0.1) is 15.7 Å². The van der Waals surface area contributed by atoms with Gasteiger partial charge in [-0.1, -0.05) is 6.07 Å². The molecule has 0 radical (unpaired) electrons. The van der Waals surface area contributed by atoms with Crippen molar-refractivity contribution in [3.8, 4) is 0 Å². The van der Waals surface area contributed by atoms with Crippen LogP contribution in [0, 0.1) is 6.92 Å². The minimum Gasteiger partial charge on any atom is -0.344 e. The summed E-state index contributed by atoms with van der Waals surface area (Å²) >= 11 is 1.68. The van der Waals surface area contributed by atoms with E-state index in [-0.39, 0.29) is 6.15 Å². The normalized spacial score (nSPS) is 9.55. The van der Waals surface area contributed by atoms with Crippen molar-refractivity contribution in [2.24, 2.45) is 0 Å². The molecule has 0 aliphatic heterocycles. The van der Waals surface area contributed by atoms with Gasteiger partial charge >= 0.3 is 0 Å². The summed E-state index contributed by atoms with van der Waals surface area (Å²) in [6, 6.07) is 6.33. The second-order valence-corrected chi connectivity index (χ2v) is 3.21. The zero-order valence-electron chi connectivity index (χ0n) is 6.37. The first kappa shape index (κ1) is 8.17. The molecule has 0 amide bonds. The number of nitrogens with zero attached hydrogens (tertiary/aromatic N) is 1. The maximum absolute atomic E-state index is 4.20. The van der Waals surface area contributed by atoms with Gasteiger partial charge in [0.2, 0.25) is 0 Å². The Bertz CT molecular complexity index is 354. The molecule has 1 aromatic carbocycles. The monoisotopic (exact) mass is 166 g/mol. The number of hydrogen-bond donors (Lipinski definition) is 1. The van der Waals surface area contributed by atoms with Crippen molar-refractivity contribution in [2.45, 2.75) is 6.92 Å². The summed E-state index contributed by atoms with van der Waals surface area (Å²) in [6.07, 6.45) is 0. The highest BCUT2D eigenvalue weighted by molar-refractivity contribution is 7.16. The Kier molecular flexibility index (Phi) is 2.22. The summed E-state index contributed by atoms with van der Waals surface area (Å²) < 4.78 is 1.27. The highest BCUT2D eigenvalue weighted by Crippen LogP contribution is 2.17. The van der Waals surface area contributed by atoms with Gasteiger partial charge in [-0.2, -0.15) is 0 Å². The lowest BCUT2D eigenvalue weighted by atomic mass is 10.2. The van der Waals surface area contributed by atoms with E-state index in [1.807, 2.05) is 5.51 Å². The van der Waals surface area contributed by atoms with Crippen molar-refractivity contribution in [1.82, 2.24) is 11.1 Å². The van der Waals surface area contributed by atoms with E-state index < -0.39 is 0 Å². The van der Waals surface area contributed by atoms with Gasteiger partial charge in [0.25, 0.3) is 0 Å². The molecule has 0 aliphatic rings. The fraction of sp³-hybridized carbons (Fsp3) is 0.125. The molecule has 2 rings (SSSR count). The average molecular weight is 166 g/mol. The van der Waals surface area contributed by atoms with E-state index in [0.29, 0.717) is 0 Å². The van der Waals surface area contributed by atoms with Crippen LogP contribution in [0.4, 0.5) is 0 Å². The Hall–Kier alpha value is -0.930. The second-order valence-electron chi connectivity index (χ2n) is 2.32. The van der Waals surface area contributed by atoms with Gasteiger partial charge in [-0.15, -0.1) is 11.3 Å². The van der Waals surface area contributed by atoms with Gasteiger partial charge in [0.1, 0.15) is 0 Å². The van der Waals surface area contributed by atoms with Gasteiger partial charge in [0, 0.05) is 0 Å². The van der Waals surface area contributed by atoms with Crippen LogP contribution in [0.2, 0.25) is 0 Å². The number of thiazole rings is 1. The summed E-state index contributed by atoms with van der Waals surface area (Å²) in [5.74, 6) is 0. The van der Waals surface area contributed by atoms with Crippen molar-refractivity contribution in [3.63, 3.8) is 0 Å². The lowest BCUT2D eigenvalue weighted by Crippen LogP contribution is -1.69. The molecule has 3 heteroatoms. The number of aryl methyl sites for hydroxylation is 1. The average Bonchev–Trinajstić information content (AvgIpc) is 2.33. The van der Waals surface area contributed by atoms with Crippen LogP contribution in [0.15, 0.2) is 23.7 Å². The van der Waals surface area contributed by atoms with Crippen molar-refractivity contribution in [1.29, 1.82) is 0 Å². The van der Waals surface area contributed by atoms with Gasteiger partial charge in [-0.05, 0) is 24.6 Å². The molecule has 2 aromatic rings. The van der Waals surface area contributed by atoms with Crippen molar-refractivity contribution in [2.75, 3.05) is 0 Å². The van der Waals surface area contributed by atoms with Crippen LogP contribution >= 0.6 is 11.3 Å². The molecule has 0 saturated carbocycles. The summed E-state index contributed by atoms with van der Waals surface area (Å²) in [7, 11) is 0. The zero-order chi connectivity index (χ0) is 6.97. The Morgan fingerprint density at radius 1 is 1.36 bits per heavy atom. The second kappa shape index (κ2) is 2.98. The van der Waals surface area contributed by atoms with Gasteiger partial charge in [-0.25, -0.2) is 4.98 Å². The largest absolute Gasteiger partial charge is 0.344 e. The predicted octanol–water partition coefficient (Wildman–Crippen LogP) is 2.77. The van der Waals surface area contributed by atoms with Gasteiger partial charge in [0.15, 0.2) is 0 Å². The third-order valence-electron chi connectivity index (χ3n) is 1.49. The molecular weight excluding hydrogens is 156 g/mol. The molecule has 2 nitrogen and oxygen atoms in total. The Morgan fingerprint density at radius 3 is 3.00 bits per heavy atom. The Labute approximate surface area is 69.5 Å². The molecule has 0 bridgehead atoms. The minimum absolute atomic E-state index is 0. The van der Waals surface area contributed by atoms with E-state index in [1.165, 1.54) is 10.3 Å². The van der Waals surface area contributed by atoms with E-state index in [4.69, 9.17) is 0 Å². The van der Waals surface area contributed by atoms with E-state index in [0.717, 1.165) is 5.52 Å². The molecule has 11 heavy (non-hydrogen) atoms. The maximum atomic E-state index is 4.20. The highest BCUT2D eigenvalue weighted by atomic mass is 32.1. The fourth-order valence-corrected chi connectivity index (χ4v) is 1.63. The molecular formula is C8H10N2S. The molecule has 3 N–H and O–H groups in total. The van der Waals surface area contributed by atoms with Gasteiger partial charge < -0.3 is 6.15 Å². The first-order valence-corrected chi connectivity index (χ1v) is 4.04. The molecule has 58 valence electrons. The summed E-state index contributed by atoms with van der Waals surface area (Å²) in [5, 5.41) is 0. The van der Waals surface area contributed by atoms with E-state index in [2.05, 4.69) is 30.1 Å². The molecule has 0 spiro atoms. The SMILES string of the molecule is Cc1ccc2scnc2c1.N. The zero-order valence-corrected chi connectivity index (χ0v) is 7.19. The van der Waals surface area contributed by atoms with E-state index in [9.17, 15) is 0 Å². The van der Waals surface area contributed by atoms with Crippen LogP contribution in [-0.2, 0) is 0 Å². The number of fused-ring (bicyclic) bond motifs is 1. The molecule has 0 fully saturated rings. The minimum atomic E-state index is 0. The third kappa shape index (κ3) is 1.39. The number of aromatic nitrogens is 1. The van der Waals surface area contributed by atoms with Crippen molar-refractivity contribution in [3.05, 3.63) is 29.3 Å². The lowest BCUT2D eigenvalue weighted by molar-refractivity contribution is 1.45. The number of rotatable bonds is 0. The Balaban J connectivity index is 0.000000605. The predicted molar refractivity (Wildman–Crippen MR) is 49.4 cm³/mol. The molecule has 1 aromatic heterocycles. The highest BCUT2D eigenvalue weighted by Gasteiger charge is 1.93. The van der Waals surface area contributed by atoms with E-state index in [1.54, 1.807) is 11.3 Å². The molecule has 0 atom stereocenters. The van der Waals surface area contributed by atoms with Crippen LogP contribution in [0.1, 0.15) is 5.56 Å². The summed E-state index contributed by atoms with van der Waals surface area (Å²) in [5.41, 5.74) is 4.27. The summed E-state index contributed by atoms with van der Waals surface area (Å²) in [4.78, 5) is 4.20. The van der Waals surface area contributed by atoms with Crippen LogP contribution in [0.25, 0.3) is 10.2 Å². The lowest BCUT2D eigenvalue weighted by Gasteiger charge is -1.88. The Morgan fingerprint density at radius 2 is 2.18 bits per heavy atom. The first-order valence-electron chi connectivity index (χ1n) is 3.16. The summed E-state index contributed by atoms with van der Waals surface area (Å²) in [6.45, 7) is 2.08. The quantitative estimate of drug-likeness (QED) is 0.654. The van der Waals surface area contributed by atoms with Crippen molar-refractivity contribution >= 4 is 21.6 Å². The van der Waals surface area contributed by atoms with Crippen LogP contribution in [0.5, 0.6) is 0 Å². The number of hydrogen-bond acceptors (Lipinski definition) is 3. The standard InChI is InChI=1S/C8H7NS.H3N/c1-6-2-3-8-7(4-6)9-5-10-8;/h2-5H,1H3;1H3. The molecule has 1 heterocycles. The van der Waals surface area contributed by atoms with Crippen LogP contribution in [0.3, 0.4) is 0 Å². The number of benzene rings is 1. The third-order valence-corrected chi connectivity index (χ3v) is 2.30. The van der Waals surface area contributed by atoms with Gasteiger partial charge in [-0.3, -0.25) is 0 Å². The van der Waals surface area contributed by atoms with Crippen LogP contribution in [-0.4, -0.2) is 4.98 Å². The smallest absolute Gasteiger partial charge is 0.0814 e. The molecule has 0 saturated heterocycles. The topological polar surface area (TPSA) is 47.9 Å². The maximum Gasteiger partial charge on any atom is 0.0814 e. The van der Waals surface area contributed by atoms with Crippen molar-refractivity contribution < 1.29 is 0 Å². The van der Waals surface area contributed by atoms with Crippen LogP contribution < -0.4 is 6.15 Å². The molecule has 0 aliphatic carbocycles. The molecule has 0 unspecified atom stereocenters. The van der Waals surface area contributed by atoms with E-state index >= 15 is 0 Å². The first-order chi connectivity index (χ1) is 4.86. The fourth-order valence-electron chi connectivity index (χ4n) is 0.968.